The number of hydrazine groups is 1. The van der Waals surface area contributed by atoms with Gasteiger partial charge in [-0.25, -0.2) is 18.8 Å². The van der Waals surface area contributed by atoms with Crippen LogP contribution in [0.15, 0.2) is 28.2 Å². The molecule has 5 aliphatic heterocycles. The number of hydrogen-bond donors (Lipinski definition) is 2. The number of anilines is 1. The number of morpholine rings is 1. The molecule has 0 aromatic heterocycles. The monoisotopic (exact) mass is 519 g/mol. The number of amidine groups is 1. The summed E-state index contributed by atoms with van der Waals surface area (Å²) >= 11 is 1.98. The molecular formula is C23H33N7O3S2. The number of benzene rings is 1. The van der Waals surface area contributed by atoms with Crippen LogP contribution >= 0.6 is 11.8 Å². The van der Waals surface area contributed by atoms with E-state index in [1.807, 2.05) is 11.8 Å². The number of rotatable bonds is 4. The Morgan fingerprint density at radius 1 is 1.11 bits per heavy atom. The third-order valence-electron chi connectivity index (χ3n) is 7.42. The molecule has 10 nitrogen and oxygen atoms in total. The van der Waals surface area contributed by atoms with Crippen molar-refractivity contribution in [2.24, 2.45) is 9.98 Å². The van der Waals surface area contributed by atoms with E-state index in [4.69, 9.17) is 14.7 Å². The molecule has 3 saturated heterocycles. The van der Waals surface area contributed by atoms with Gasteiger partial charge in [-0.05, 0) is 11.6 Å². The van der Waals surface area contributed by atoms with Gasteiger partial charge in [0.1, 0.15) is 11.1 Å². The maximum absolute atomic E-state index is 11.9. The summed E-state index contributed by atoms with van der Waals surface area (Å²) in [5.74, 6) is 1.15. The highest BCUT2D eigenvalue weighted by molar-refractivity contribution is 8.02. The largest absolute Gasteiger partial charge is 0.378 e. The first-order chi connectivity index (χ1) is 17.0. The molecule has 2 N–H and O–H groups in total. The molecule has 5 aliphatic rings. The fourth-order valence-corrected chi connectivity index (χ4v) is 8.00. The Morgan fingerprint density at radius 3 is 2.69 bits per heavy atom. The van der Waals surface area contributed by atoms with Gasteiger partial charge in [0.15, 0.2) is 6.17 Å². The standard InChI is InChI=1S/C23H33N7O3S2/c1-35(31,32)30-7-5-28(6-8-30)15-16-13-20-21(34-16)23(29-9-11-33-12-10-29)26-22(25-20)17-3-2-4-19-18(17)14-24-27-19/h2-4,16,21-22,24,27H,5-15H2,1H3. The minimum Gasteiger partial charge on any atom is -0.378 e. The number of aliphatic imine (C=N–C) groups is 2. The smallest absolute Gasteiger partial charge is 0.211 e. The van der Waals surface area contributed by atoms with Crippen LogP contribution in [0.5, 0.6) is 0 Å². The highest BCUT2D eigenvalue weighted by Crippen LogP contribution is 2.41. The minimum atomic E-state index is -3.11. The molecule has 0 saturated carbocycles. The summed E-state index contributed by atoms with van der Waals surface area (Å²) in [5.41, 5.74) is 11.2. The summed E-state index contributed by atoms with van der Waals surface area (Å²) in [6, 6.07) is 6.33. The highest BCUT2D eigenvalue weighted by Gasteiger charge is 2.42. The zero-order valence-corrected chi connectivity index (χ0v) is 21.7. The van der Waals surface area contributed by atoms with Crippen molar-refractivity contribution in [2.45, 2.75) is 29.6 Å². The number of sulfonamides is 1. The van der Waals surface area contributed by atoms with E-state index < -0.39 is 10.0 Å². The van der Waals surface area contributed by atoms with Crippen LogP contribution in [-0.4, -0.2) is 110 Å². The zero-order chi connectivity index (χ0) is 24.0. The van der Waals surface area contributed by atoms with Crippen LogP contribution in [-0.2, 0) is 21.3 Å². The summed E-state index contributed by atoms with van der Waals surface area (Å²) in [7, 11) is -3.11. The van der Waals surface area contributed by atoms with Crippen molar-refractivity contribution in [1.29, 1.82) is 0 Å². The number of ether oxygens (including phenoxy) is 1. The quantitative estimate of drug-likeness (QED) is 0.601. The Kier molecular flexibility index (Phi) is 6.52. The van der Waals surface area contributed by atoms with Crippen LogP contribution in [0.25, 0.3) is 0 Å². The summed E-state index contributed by atoms with van der Waals surface area (Å²) < 4.78 is 30.9. The first-order valence-corrected chi connectivity index (χ1v) is 15.2. The number of fused-ring (bicyclic) bond motifs is 2. The van der Waals surface area contributed by atoms with Crippen LogP contribution in [0.4, 0.5) is 5.69 Å². The molecule has 1 aromatic carbocycles. The van der Waals surface area contributed by atoms with Gasteiger partial charge in [0, 0.05) is 75.3 Å². The Morgan fingerprint density at radius 2 is 1.91 bits per heavy atom. The third-order valence-corrected chi connectivity index (χ3v) is 10.2. The van der Waals surface area contributed by atoms with Gasteiger partial charge in [-0.1, -0.05) is 12.1 Å². The lowest BCUT2D eigenvalue weighted by atomic mass is 10.0. The van der Waals surface area contributed by atoms with Gasteiger partial charge < -0.3 is 15.1 Å². The Labute approximate surface area is 211 Å². The number of thioether (sulfide) groups is 1. The Balaban J connectivity index is 1.22. The average Bonchev–Trinajstić information content (AvgIpc) is 3.50. The number of hydrogen-bond acceptors (Lipinski definition) is 10. The Hall–Kier alpha value is -1.70. The molecule has 0 radical (unpaired) electrons. The van der Waals surface area contributed by atoms with E-state index >= 15 is 0 Å². The Bertz CT molecular complexity index is 1130. The van der Waals surface area contributed by atoms with Crippen molar-refractivity contribution in [3.05, 3.63) is 29.3 Å². The van der Waals surface area contributed by atoms with E-state index in [1.54, 1.807) is 4.31 Å². The second-order valence-electron chi connectivity index (χ2n) is 9.74. The van der Waals surface area contributed by atoms with Crippen molar-refractivity contribution in [3.63, 3.8) is 0 Å². The lowest BCUT2D eigenvalue weighted by Crippen LogP contribution is -2.49. The normalized spacial score (nSPS) is 29.9. The van der Waals surface area contributed by atoms with Crippen LogP contribution in [0.1, 0.15) is 23.7 Å². The van der Waals surface area contributed by atoms with Gasteiger partial charge in [0.25, 0.3) is 0 Å². The molecule has 0 spiro atoms. The summed E-state index contributed by atoms with van der Waals surface area (Å²) in [4.78, 5) is 15.3. The molecule has 35 heavy (non-hydrogen) atoms. The first kappa shape index (κ1) is 23.7. The van der Waals surface area contributed by atoms with E-state index in [9.17, 15) is 8.42 Å². The lowest BCUT2D eigenvalue weighted by molar-refractivity contribution is 0.0673. The van der Waals surface area contributed by atoms with Crippen LogP contribution < -0.4 is 10.9 Å². The predicted octanol–water partition coefficient (Wildman–Crippen LogP) is 0.752. The molecule has 0 amide bonds. The summed E-state index contributed by atoms with van der Waals surface area (Å²) in [6.07, 6.45) is 2.04. The molecule has 3 atom stereocenters. The molecule has 6 rings (SSSR count). The molecule has 5 heterocycles. The van der Waals surface area contributed by atoms with E-state index in [-0.39, 0.29) is 11.4 Å². The highest BCUT2D eigenvalue weighted by atomic mass is 32.2. The van der Waals surface area contributed by atoms with Crippen LogP contribution in [0.2, 0.25) is 0 Å². The maximum atomic E-state index is 11.9. The first-order valence-electron chi connectivity index (χ1n) is 12.4. The minimum absolute atomic E-state index is 0.194. The average molecular weight is 520 g/mol. The number of nitrogens with zero attached hydrogens (tertiary/aromatic N) is 5. The van der Waals surface area contributed by atoms with Crippen LogP contribution in [0.3, 0.4) is 0 Å². The van der Waals surface area contributed by atoms with Crippen molar-refractivity contribution >= 4 is 39.0 Å². The lowest BCUT2D eigenvalue weighted by Gasteiger charge is -2.35. The molecule has 3 fully saturated rings. The van der Waals surface area contributed by atoms with E-state index in [0.717, 1.165) is 70.4 Å². The fraction of sp³-hybridized carbons (Fsp3) is 0.652. The SMILES string of the molecule is CS(=O)(=O)N1CCN(CC2CC3=NC(c4cccc5c4CNN5)N=C(N4CCOCC4)C3S2)CC1. The predicted molar refractivity (Wildman–Crippen MR) is 140 cm³/mol. The molecule has 0 bridgehead atoms. The molecular weight excluding hydrogens is 486 g/mol. The van der Waals surface area contributed by atoms with Crippen molar-refractivity contribution in [1.82, 2.24) is 19.5 Å². The molecule has 1 aromatic rings. The number of piperazine rings is 1. The summed E-state index contributed by atoms with van der Waals surface area (Å²) in [5, 5.41) is 0.623. The third kappa shape index (κ3) is 4.84. The van der Waals surface area contributed by atoms with Gasteiger partial charge in [-0.2, -0.15) is 4.31 Å². The van der Waals surface area contributed by atoms with Crippen LogP contribution in [0, 0.1) is 0 Å². The van der Waals surface area contributed by atoms with E-state index in [2.05, 4.69) is 38.9 Å². The van der Waals surface area contributed by atoms with Gasteiger partial charge in [0.2, 0.25) is 10.0 Å². The fourth-order valence-electron chi connectivity index (χ4n) is 5.58. The van der Waals surface area contributed by atoms with Gasteiger partial charge in [-0.15, -0.1) is 11.8 Å². The van der Waals surface area contributed by atoms with Crippen molar-refractivity contribution < 1.29 is 13.2 Å². The van der Waals surface area contributed by atoms with Crippen molar-refractivity contribution in [2.75, 3.05) is 70.7 Å². The second kappa shape index (κ2) is 9.64. The van der Waals surface area contributed by atoms with Crippen molar-refractivity contribution in [3.8, 4) is 0 Å². The van der Waals surface area contributed by atoms with Gasteiger partial charge >= 0.3 is 0 Å². The molecule has 12 heteroatoms. The zero-order valence-electron chi connectivity index (χ0n) is 20.0. The molecule has 3 unspecified atom stereocenters. The summed E-state index contributed by atoms with van der Waals surface area (Å²) in [6.45, 7) is 7.63. The molecule has 0 aliphatic carbocycles. The maximum Gasteiger partial charge on any atom is 0.211 e. The second-order valence-corrected chi connectivity index (χ2v) is 13.1. The van der Waals surface area contributed by atoms with Gasteiger partial charge in [0.05, 0.1) is 25.2 Å². The van der Waals surface area contributed by atoms with E-state index in [1.165, 1.54) is 23.1 Å². The van der Waals surface area contributed by atoms with E-state index in [0.29, 0.717) is 18.3 Å². The topological polar surface area (TPSA) is 102 Å². The number of nitrogens with one attached hydrogen (secondary N) is 2. The molecule has 190 valence electrons. The van der Waals surface area contributed by atoms with Gasteiger partial charge in [-0.3, -0.25) is 9.89 Å².